The largest absolute Gasteiger partial charge is 0.497 e. The van der Waals surface area contributed by atoms with E-state index in [2.05, 4.69) is 0 Å². The normalized spacial score (nSPS) is 11.1. The van der Waals surface area contributed by atoms with Crippen molar-refractivity contribution in [3.63, 3.8) is 0 Å². The first-order chi connectivity index (χ1) is 11.6. The number of aromatic nitrogens is 1. The van der Waals surface area contributed by atoms with Crippen LogP contribution < -0.4 is 9.47 Å². The van der Waals surface area contributed by atoms with Crippen LogP contribution in [0.1, 0.15) is 15.9 Å². The highest BCUT2D eigenvalue weighted by Crippen LogP contribution is 2.26. The third-order valence-corrected chi connectivity index (χ3v) is 4.02. The molecule has 0 spiro atoms. The third-order valence-electron chi connectivity index (χ3n) is 4.02. The number of aryl methyl sites for hydroxylation is 1. The molecule has 0 aliphatic carbocycles. The summed E-state index contributed by atoms with van der Waals surface area (Å²) in [7, 11) is 5.14. The number of benzene rings is 2. The summed E-state index contributed by atoms with van der Waals surface area (Å²) in [6.45, 7) is 0. The number of hydrogen-bond acceptors (Lipinski definition) is 3. The van der Waals surface area contributed by atoms with Gasteiger partial charge in [0.15, 0.2) is 5.78 Å². The van der Waals surface area contributed by atoms with Crippen molar-refractivity contribution < 1.29 is 14.3 Å². The van der Waals surface area contributed by atoms with Crippen LogP contribution in [-0.2, 0) is 7.05 Å². The van der Waals surface area contributed by atoms with E-state index in [0.717, 1.165) is 16.5 Å². The molecule has 0 fully saturated rings. The Morgan fingerprint density at radius 2 is 1.88 bits per heavy atom. The molecular formula is C20H19NO3. The molecule has 1 heterocycles. The van der Waals surface area contributed by atoms with E-state index in [1.54, 1.807) is 32.4 Å². The number of rotatable bonds is 5. The summed E-state index contributed by atoms with van der Waals surface area (Å²) in [5, 5.41) is 0.955. The molecule has 0 saturated carbocycles. The summed E-state index contributed by atoms with van der Waals surface area (Å²) < 4.78 is 12.5. The first-order valence-corrected chi connectivity index (χ1v) is 7.62. The number of nitrogens with zero attached hydrogens (tertiary/aromatic N) is 1. The molecular weight excluding hydrogens is 302 g/mol. The minimum Gasteiger partial charge on any atom is -0.497 e. The number of allylic oxidation sites excluding steroid dienone is 1. The minimum atomic E-state index is -0.0373. The van der Waals surface area contributed by atoms with Crippen molar-refractivity contribution in [2.75, 3.05) is 14.2 Å². The number of para-hydroxylation sites is 1. The van der Waals surface area contributed by atoms with Crippen LogP contribution in [0.4, 0.5) is 0 Å². The molecule has 0 atom stereocenters. The lowest BCUT2D eigenvalue weighted by Crippen LogP contribution is -1.94. The summed E-state index contributed by atoms with van der Waals surface area (Å²) in [5.41, 5.74) is 2.56. The fourth-order valence-corrected chi connectivity index (χ4v) is 2.75. The van der Waals surface area contributed by atoms with E-state index in [0.29, 0.717) is 17.1 Å². The Hall–Kier alpha value is -3.01. The molecule has 3 aromatic rings. The van der Waals surface area contributed by atoms with E-state index in [-0.39, 0.29) is 5.78 Å². The van der Waals surface area contributed by atoms with Gasteiger partial charge in [0.05, 0.1) is 14.2 Å². The molecule has 0 saturated heterocycles. The zero-order chi connectivity index (χ0) is 17.1. The van der Waals surface area contributed by atoms with E-state index in [1.165, 1.54) is 0 Å². The predicted octanol–water partition coefficient (Wildman–Crippen LogP) is 4.09. The Balaban J connectivity index is 1.93. The summed E-state index contributed by atoms with van der Waals surface area (Å²) in [6, 6.07) is 13.4. The van der Waals surface area contributed by atoms with Crippen molar-refractivity contribution in [3.8, 4) is 11.5 Å². The van der Waals surface area contributed by atoms with Crippen molar-refractivity contribution in [1.29, 1.82) is 0 Å². The standard InChI is InChI=1S/C20H19NO3/c1-21-13-17(16-6-4-5-7-18(16)21)19(22)11-9-14-8-10-15(23-2)12-20(14)24-3/h4-13H,1-3H3/b11-9+. The monoisotopic (exact) mass is 321 g/mol. The second-order valence-electron chi connectivity index (χ2n) is 5.48. The summed E-state index contributed by atoms with van der Waals surface area (Å²) in [6.07, 6.45) is 5.21. The fraction of sp³-hybridized carbons (Fsp3) is 0.150. The summed E-state index contributed by atoms with van der Waals surface area (Å²) in [5.74, 6) is 1.34. The van der Waals surface area contributed by atoms with Crippen molar-refractivity contribution in [2.24, 2.45) is 7.05 Å². The van der Waals surface area contributed by atoms with Gasteiger partial charge in [-0.15, -0.1) is 0 Å². The van der Waals surface area contributed by atoms with Crippen molar-refractivity contribution in [1.82, 2.24) is 4.57 Å². The van der Waals surface area contributed by atoms with Crippen LogP contribution in [0.15, 0.2) is 54.7 Å². The third kappa shape index (κ3) is 2.91. The highest BCUT2D eigenvalue weighted by atomic mass is 16.5. The molecule has 0 unspecified atom stereocenters. The highest BCUT2D eigenvalue weighted by Gasteiger charge is 2.11. The molecule has 122 valence electrons. The van der Waals surface area contributed by atoms with Gasteiger partial charge in [-0.25, -0.2) is 0 Å². The molecule has 1 aromatic heterocycles. The summed E-state index contributed by atoms with van der Waals surface area (Å²) in [4.78, 5) is 12.6. The van der Waals surface area contributed by atoms with Crippen LogP contribution in [0.25, 0.3) is 17.0 Å². The molecule has 0 amide bonds. The average Bonchev–Trinajstić information content (AvgIpc) is 2.97. The maximum atomic E-state index is 12.6. The topological polar surface area (TPSA) is 40.5 Å². The van der Waals surface area contributed by atoms with Crippen LogP contribution in [0.5, 0.6) is 11.5 Å². The molecule has 0 N–H and O–H groups in total. The molecule has 0 radical (unpaired) electrons. The van der Waals surface area contributed by atoms with Crippen LogP contribution in [0, 0.1) is 0 Å². The molecule has 4 nitrogen and oxygen atoms in total. The van der Waals surface area contributed by atoms with Gasteiger partial charge in [0.1, 0.15) is 11.5 Å². The maximum Gasteiger partial charge on any atom is 0.188 e. The SMILES string of the molecule is COc1ccc(/C=C/C(=O)c2cn(C)c3ccccc23)c(OC)c1. The van der Waals surface area contributed by atoms with E-state index in [9.17, 15) is 4.79 Å². The minimum absolute atomic E-state index is 0.0373. The number of carbonyl (C=O) groups is 1. The molecule has 0 bridgehead atoms. The maximum absolute atomic E-state index is 12.6. The molecule has 24 heavy (non-hydrogen) atoms. The number of ether oxygens (including phenoxy) is 2. The van der Waals surface area contributed by atoms with Crippen molar-refractivity contribution in [2.45, 2.75) is 0 Å². The lowest BCUT2D eigenvalue weighted by atomic mass is 10.1. The Labute approximate surface area is 140 Å². The highest BCUT2D eigenvalue weighted by molar-refractivity contribution is 6.14. The van der Waals surface area contributed by atoms with Crippen LogP contribution >= 0.6 is 0 Å². The average molecular weight is 321 g/mol. The molecule has 2 aromatic carbocycles. The number of fused-ring (bicyclic) bond motifs is 1. The molecule has 0 aliphatic rings. The lowest BCUT2D eigenvalue weighted by molar-refractivity contribution is 0.104. The quantitative estimate of drug-likeness (QED) is 0.525. The Morgan fingerprint density at radius 1 is 1.08 bits per heavy atom. The van der Waals surface area contributed by atoms with Crippen LogP contribution in [0.3, 0.4) is 0 Å². The van der Waals surface area contributed by atoms with Gasteiger partial charge in [-0.3, -0.25) is 4.79 Å². The van der Waals surface area contributed by atoms with Crippen molar-refractivity contribution >= 4 is 22.8 Å². The van der Waals surface area contributed by atoms with Crippen molar-refractivity contribution in [3.05, 3.63) is 65.9 Å². The Bertz CT molecular complexity index is 922. The molecule has 0 aliphatic heterocycles. The smallest absolute Gasteiger partial charge is 0.188 e. The van der Waals surface area contributed by atoms with E-state index in [1.807, 2.05) is 54.2 Å². The molecule has 3 rings (SSSR count). The number of carbonyl (C=O) groups excluding carboxylic acids is 1. The Kier molecular flexibility index (Phi) is 4.38. The van der Waals surface area contributed by atoms with E-state index >= 15 is 0 Å². The lowest BCUT2D eigenvalue weighted by Gasteiger charge is -2.07. The van der Waals surface area contributed by atoms with Gasteiger partial charge in [0, 0.05) is 41.3 Å². The number of ketones is 1. The van der Waals surface area contributed by atoms with Gasteiger partial charge < -0.3 is 14.0 Å². The van der Waals surface area contributed by atoms with Gasteiger partial charge in [-0.05, 0) is 30.4 Å². The van der Waals surface area contributed by atoms with Gasteiger partial charge >= 0.3 is 0 Å². The first-order valence-electron chi connectivity index (χ1n) is 7.62. The van der Waals surface area contributed by atoms with Crippen LogP contribution in [0.2, 0.25) is 0 Å². The zero-order valence-electron chi connectivity index (χ0n) is 13.9. The van der Waals surface area contributed by atoms with Gasteiger partial charge in [0.2, 0.25) is 0 Å². The predicted molar refractivity (Wildman–Crippen MR) is 95.8 cm³/mol. The zero-order valence-corrected chi connectivity index (χ0v) is 13.9. The second kappa shape index (κ2) is 6.62. The summed E-state index contributed by atoms with van der Waals surface area (Å²) >= 11 is 0. The van der Waals surface area contributed by atoms with Gasteiger partial charge in [-0.1, -0.05) is 18.2 Å². The van der Waals surface area contributed by atoms with E-state index < -0.39 is 0 Å². The van der Waals surface area contributed by atoms with E-state index in [4.69, 9.17) is 9.47 Å². The second-order valence-corrected chi connectivity index (χ2v) is 5.48. The first kappa shape index (κ1) is 15.9. The fourth-order valence-electron chi connectivity index (χ4n) is 2.75. The number of methoxy groups -OCH3 is 2. The van der Waals surface area contributed by atoms with Crippen LogP contribution in [-0.4, -0.2) is 24.6 Å². The number of hydrogen-bond donors (Lipinski definition) is 0. The van der Waals surface area contributed by atoms with Gasteiger partial charge in [0.25, 0.3) is 0 Å². The Morgan fingerprint density at radius 3 is 2.62 bits per heavy atom. The molecule has 4 heteroatoms. The van der Waals surface area contributed by atoms with Gasteiger partial charge in [-0.2, -0.15) is 0 Å².